The van der Waals surface area contributed by atoms with Gasteiger partial charge < -0.3 is 19.1 Å². The number of benzene rings is 8. The zero-order valence-corrected chi connectivity index (χ0v) is 40.3. The van der Waals surface area contributed by atoms with Gasteiger partial charge in [0.25, 0.3) is 0 Å². The first kappa shape index (κ1) is 26.9. The lowest BCUT2D eigenvalue weighted by molar-refractivity contribution is 0.483. The highest BCUT2D eigenvalue weighted by Crippen LogP contribution is 2.48. The molecule has 1 aliphatic rings. The predicted molar refractivity (Wildman–Crippen MR) is 303 cm³/mol. The number of hydrogen-bond donors (Lipinski definition) is 0. The zero-order chi connectivity index (χ0) is 68.5. The van der Waals surface area contributed by atoms with Crippen LogP contribution in [0.25, 0.3) is 66.2 Å². The maximum Gasteiger partial charge on any atom is 0.137 e. The summed E-state index contributed by atoms with van der Waals surface area (Å²) in [5, 5.41) is 0.0687. The highest BCUT2D eigenvalue weighted by Gasteiger charge is 2.31. The molecule has 0 radical (unpaired) electrons. The van der Waals surface area contributed by atoms with Gasteiger partial charge in [-0.3, -0.25) is 4.57 Å². The second kappa shape index (κ2) is 17.3. The molecular weight excluding hydrogens is 879 g/mol. The number of para-hydroxylation sites is 5. The number of fused-ring (bicyclic) bond motifs is 7. The van der Waals surface area contributed by atoms with Crippen molar-refractivity contribution in [1.82, 2.24) is 14.1 Å². The molecular formula is C66H61N5O. The first-order valence-corrected chi connectivity index (χ1v) is 23.5. The van der Waals surface area contributed by atoms with E-state index in [1.807, 2.05) is 30.3 Å². The third kappa shape index (κ3) is 7.86. The van der Waals surface area contributed by atoms with E-state index >= 15 is 0 Å². The Balaban J connectivity index is 1.15. The third-order valence-electron chi connectivity index (χ3n) is 13.2. The molecule has 0 saturated heterocycles. The molecule has 6 heteroatoms. The summed E-state index contributed by atoms with van der Waals surface area (Å²) in [4.78, 5) is 9.12. The number of pyridine rings is 1. The van der Waals surface area contributed by atoms with Crippen LogP contribution in [0, 0.1) is 5.89 Å². The summed E-state index contributed by atoms with van der Waals surface area (Å²) in [7, 11) is 0. The highest BCUT2D eigenvalue weighted by molar-refractivity contribution is 6.16. The SMILES string of the molecule is [2H]c1c([2H])c([2H])c(-c2cnc(-n3c4ccccc4c4c(-n5c6c([2H])c([2H])c([2H])c([2H])c6c6c([2H])c([2H])c([2H])c([2H])c65)cc(Oc5cccc(N6CN(c7cc(C(C)(C)C)cc(C(C)(C)C)c7)c7ccccc76)c5)cc43)cc2C([2H])([2H])C([2H])(C([2H])([2H])[2H])C([2H])([2H])[2H])c([2H])c1[2H]. The molecule has 4 heterocycles. The summed E-state index contributed by atoms with van der Waals surface area (Å²) in [6, 6.07) is 23.1. The van der Waals surface area contributed by atoms with Crippen LogP contribution >= 0.6 is 0 Å². The van der Waals surface area contributed by atoms with Gasteiger partial charge in [0, 0.05) is 75.2 Å². The average molecular weight is 962 g/mol. The second-order valence-corrected chi connectivity index (χ2v) is 19.9. The van der Waals surface area contributed by atoms with Crippen LogP contribution < -0.4 is 14.5 Å². The minimum Gasteiger partial charge on any atom is -0.457 e. The maximum atomic E-state index is 9.69. The molecule has 0 bridgehead atoms. The molecule has 0 fully saturated rings. The van der Waals surface area contributed by atoms with E-state index in [-0.39, 0.29) is 72.1 Å². The lowest BCUT2D eigenvalue weighted by atomic mass is 9.80. The van der Waals surface area contributed by atoms with E-state index < -0.39 is 121 Å². The Hall–Kier alpha value is -8.09. The lowest BCUT2D eigenvalue weighted by Crippen LogP contribution is -2.25. The summed E-state index contributed by atoms with van der Waals surface area (Å²) in [5.41, 5.74) is 3.13. The van der Waals surface area contributed by atoms with Gasteiger partial charge in [0.1, 0.15) is 24.0 Å². The summed E-state index contributed by atoms with van der Waals surface area (Å²) in [5.74, 6) is -4.07. The molecule has 0 unspecified atom stereocenters. The van der Waals surface area contributed by atoms with Crippen molar-refractivity contribution in [3.63, 3.8) is 0 Å². The second-order valence-electron chi connectivity index (χ2n) is 19.9. The predicted octanol–water partition coefficient (Wildman–Crippen LogP) is 17.8. The van der Waals surface area contributed by atoms with Gasteiger partial charge in [-0.2, -0.15) is 0 Å². The van der Waals surface area contributed by atoms with Gasteiger partial charge in [0.15, 0.2) is 0 Å². The van der Waals surface area contributed by atoms with Crippen LogP contribution in [0.4, 0.5) is 22.7 Å². The monoisotopic (exact) mass is 962 g/mol. The quantitative estimate of drug-likeness (QED) is 0.144. The Morgan fingerprint density at radius 2 is 1.22 bits per heavy atom. The average Bonchev–Trinajstić information content (AvgIpc) is 1.37. The molecule has 0 N–H and O–H groups in total. The molecule has 3 aromatic heterocycles. The Kier molecular flexibility index (Phi) is 6.49. The standard InChI is InChI=1S/C66H61N5O/c1-43(2)33-45-34-63(67-41-55(45)44-21-10-9-11-22-44)71-58-30-17-14-27-54(58)64-61(70-56-28-15-12-25-52(56)53-26-13-16-29-57(53)70)39-51(40-62(64)71)72-50-24-20-23-48(38-50)68-42-69(60-32-19-18-31-59(60)68)49-36-46(65(3,4)5)35-47(37-49)66(6,7)8/h9-32,34-41,43H,33,42H2,1-8H3/i1D3,2D3,9D,10D,11D,12D,13D,15D,16D,21D,22D,25D,26D,28D,29D,33D2,43D. The van der Waals surface area contributed by atoms with Crippen molar-refractivity contribution in [2.24, 2.45) is 5.89 Å². The fourth-order valence-electron chi connectivity index (χ4n) is 9.72. The lowest BCUT2D eigenvalue weighted by Gasteiger charge is -2.29. The number of nitrogens with zero attached hydrogens (tertiary/aromatic N) is 5. The molecule has 0 saturated carbocycles. The van der Waals surface area contributed by atoms with E-state index in [9.17, 15) is 9.60 Å². The smallest absolute Gasteiger partial charge is 0.137 e. The van der Waals surface area contributed by atoms with Crippen LogP contribution in [-0.2, 0) is 17.2 Å². The first-order chi connectivity index (χ1) is 43.7. The zero-order valence-electron chi connectivity index (χ0n) is 62.3. The Morgan fingerprint density at radius 3 is 1.90 bits per heavy atom. The van der Waals surface area contributed by atoms with Gasteiger partial charge in [-0.25, -0.2) is 4.98 Å². The molecule has 356 valence electrons. The summed E-state index contributed by atoms with van der Waals surface area (Å²) in [6.45, 7) is 5.61. The molecule has 0 atom stereocenters. The molecule has 0 spiro atoms. The van der Waals surface area contributed by atoms with Gasteiger partial charge in [0.05, 0.1) is 56.9 Å². The van der Waals surface area contributed by atoms with Crippen molar-refractivity contribution in [3.05, 3.63) is 211 Å². The van der Waals surface area contributed by atoms with Crippen molar-refractivity contribution < 1.29 is 34.9 Å². The van der Waals surface area contributed by atoms with Crippen molar-refractivity contribution in [2.75, 3.05) is 16.5 Å². The number of hydrogen-bond acceptors (Lipinski definition) is 4. The normalized spacial score (nSPS) is 18.1. The van der Waals surface area contributed by atoms with Crippen molar-refractivity contribution in [1.29, 1.82) is 0 Å². The Morgan fingerprint density at radius 1 is 0.583 bits per heavy atom. The van der Waals surface area contributed by atoms with Gasteiger partial charge in [-0.1, -0.05) is 164 Å². The Labute approximate surface area is 454 Å². The summed E-state index contributed by atoms with van der Waals surface area (Å²) < 4.78 is 206. The summed E-state index contributed by atoms with van der Waals surface area (Å²) >= 11 is 0. The molecule has 12 rings (SSSR count). The third-order valence-corrected chi connectivity index (χ3v) is 13.2. The number of anilines is 4. The molecule has 0 amide bonds. The van der Waals surface area contributed by atoms with Gasteiger partial charge >= 0.3 is 0 Å². The number of ether oxygens (including phenoxy) is 1. The van der Waals surface area contributed by atoms with E-state index in [1.54, 1.807) is 42.5 Å². The largest absolute Gasteiger partial charge is 0.457 e. The minimum atomic E-state index is -4.02. The van der Waals surface area contributed by atoms with Crippen LogP contribution in [0.1, 0.15) is 102 Å². The molecule has 0 aliphatic carbocycles. The van der Waals surface area contributed by atoms with Crippen molar-refractivity contribution >= 4 is 66.4 Å². The molecule has 72 heavy (non-hydrogen) atoms. The number of rotatable bonds is 9. The van der Waals surface area contributed by atoms with Crippen LogP contribution in [0.5, 0.6) is 11.5 Å². The van der Waals surface area contributed by atoms with Crippen molar-refractivity contribution in [3.8, 4) is 34.1 Å². The topological polar surface area (TPSA) is 38.5 Å². The van der Waals surface area contributed by atoms with Crippen molar-refractivity contribution in [2.45, 2.75) is 72.4 Å². The Bertz CT molecular complexity index is 4880. The van der Waals surface area contributed by atoms with E-state index in [0.717, 1.165) is 40.5 Å². The van der Waals surface area contributed by atoms with E-state index in [2.05, 4.69) is 75.6 Å². The minimum absolute atomic E-state index is 0.00110. The van der Waals surface area contributed by atoms with Gasteiger partial charge in [-0.05, 0) is 106 Å². The van der Waals surface area contributed by atoms with Crippen LogP contribution in [0.15, 0.2) is 194 Å². The molecule has 8 aromatic carbocycles. The number of aromatic nitrogens is 3. The maximum absolute atomic E-state index is 9.69. The highest BCUT2D eigenvalue weighted by atomic mass is 16.5. The van der Waals surface area contributed by atoms with Crippen LogP contribution in [-0.4, -0.2) is 20.8 Å². The van der Waals surface area contributed by atoms with Gasteiger partial charge in [-0.15, -0.1) is 0 Å². The van der Waals surface area contributed by atoms with E-state index in [1.165, 1.54) is 15.2 Å². The fourth-order valence-corrected chi connectivity index (χ4v) is 9.72. The molecule has 6 nitrogen and oxygen atoms in total. The molecule has 11 aromatic rings. The van der Waals surface area contributed by atoms with Crippen LogP contribution in [0.3, 0.4) is 0 Å². The van der Waals surface area contributed by atoms with E-state index in [4.69, 9.17) is 30.3 Å². The fraction of sp³-hybridized carbons (Fsp3) is 0.197. The molecule has 1 aliphatic heterocycles. The summed E-state index contributed by atoms with van der Waals surface area (Å²) in [6.07, 6.45) is -2.91. The first-order valence-electron chi connectivity index (χ1n) is 34.5. The van der Waals surface area contributed by atoms with E-state index in [0.29, 0.717) is 17.7 Å². The van der Waals surface area contributed by atoms with Crippen LogP contribution in [0.2, 0.25) is 0 Å². The van der Waals surface area contributed by atoms with Gasteiger partial charge in [0.2, 0.25) is 0 Å².